The lowest BCUT2D eigenvalue weighted by Crippen LogP contribution is -2.56. The third kappa shape index (κ3) is 4.92. The van der Waals surface area contributed by atoms with Crippen LogP contribution in [-0.4, -0.2) is 62.8 Å². The smallest absolute Gasteiger partial charge is 0.249 e. The van der Waals surface area contributed by atoms with Crippen molar-refractivity contribution in [1.29, 1.82) is 0 Å². The highest BCUT2D eigenvalue weighted by atomic mass is 16.5. The van der Waals surface area contributed by atoms with Crippen LogP contribution in [0.5, 0.6) is 0 Å². The molecular formula is C22H25N3O5. The Balaban J connectivity index is 1.60. The number of rotatable bonds is 7. The van der Waals surface area contributed by atoms with E-state index < -0.39 is 18.3 Å². The molecule has 1 aromatic rings. The number of anilines is 2. The number of benzene rings is 1. The van der Waals surface area contributed by atoms with Gasteiger partial charge in [-0.3, -0.25) is 14.9 Å². The van der Waals surface area contributed by atoms with Gasteiger partial charge in [-0.25, -0.2) is 0 Å². The van der Waals surface area contributed by atoms with Gasteiger partial charge in [0, 0.05) is 19.0 Å². The minimum absolute atomic E-state index is 0.248. The third-order valence-electron chi connectivity index (χ3n) is 4.94. The van der Waals surface area contributed by atoms with E-state index in [1.54, 1.807) is 16.8 Å². The SMILES string of the molecule is C#CCOCCCOCC#Cc1ccc2c(c1)N(C)C(O)N2C1CCC(=O)NC1=O. The Hall–Kier alpha value is -3.04. The van der Waals surface area contributed by atoms with Crippen molar-refractivity contribution in [2.75, 3.05) is 43.3 Å². The van der Waals surface area contributed by atoms with Crippen molar-refractivity contribution in [1.82, 2.24) is 5.32 Å². The van der Waals surface area contributed by atoms with Crippen LogP contribution in [0.4, 0.5) is 11.4 Å². The normalized spacial score (nSPS) is 20.3. The molecule has 0 aliphatic carbocycles. The maximum Gasteiger partial charge on any atom is 0.249 e. The summed E-state index contributed by atoms with van der Waals surface area (Å²) in [6.45, 7) is 1.70. The number of nitrogens with zero attached hydrogens (tertiary/aromatic N) is 2. The summed E-state index contributed by atoms with van der Waals surface area (Å²) in [4.78, 5) is 27.0. The Kier molecular flexibility index (Phi) is 7.31. The highest BCUT2D eigenvalue weighted by Crippen LogP contribution is 2.40. The standard InChI is InChI=1S/C22H25N3O5/c1-3-11-29-13-5-14-30-12-4-6-16-7-8-17-19(15-16)24(2)22(28)25(17)18-9-10-20(26)23-21(18)27/h1,7-8,15,18,22,28H,5,9-14H2,2H3,(H,23,26,27). The zero-order valence-electron chi connectivity index (χ0n) is 16.9. The van der Waals surface area contributed by atoms with E-state index in [2.05, 4.69) is 23.1 Å². The predicted octanol–water partition coefficient (Wildman–Crippen LogP) is 0.432. The van der Waals surface area contributed by atoms with E-state index >= 15 is 0 Å². The van der Waals surface area contributed by atoms with Crippen LogP contribution in [0.25, 0.3) is 0 Å². The van der Waals surface area contributed by atoms with Gasteiger partial charge in [0.05, 0.1) is 24.6 Å². The van der Waals surface area contributed by atoms with Gasteiger partial charge in [0.1, 0.15) is 19.3 Å². The number of fused-ring (bicyclic) bond motifs is 1. The minimum Gasteiger partial charge on any atom is -0.369 e. The molecule has 1 fully saturated rings. The van der Waals surface area contributed by atoms with Crippen molar-refractivity contribution in [3.05, 3.63) is 23.8 Å². The first kappa shape index (κ1) is 21.7. The second-order valence-electron chi connectivity index (χ2n) is 7.00. The van der Waals surface area contributed by atoms with Crippen LogP contribution in [-0.2, 0) is 19.1 Å². The molecule has 2 unspecified atom stereocenters. The Morgan fingerprint density at radius 3 is 2.73 bits per heavy atom. The lowest BCUT2D eigenvalue weighted by Gasteiger charge is -2.34. The molecule has 2 amide bonds. The molecule has 0 aromatic heterocycles. The first-order valence-corrected chi connectivity index (χ1v) is 9.77. The molecule has 2 atom stereocenters. The molecule has 30 heavy (non-hydrogen) atoms. The minimum atomic E-state index is -0.993. The molecule has 1 saturated heterocycles. The number of carbonyl (C=O) groups is 2. The highest BCUT2D eigenvalue weighted by Gasteiger charge is 2.41. The topological polar surface area (TPSA) is 91.3 Å². The van der Waals surface area contributed by atoms with Crippen LogP contribution < -0.4 is 15.1 Å². The maximum absolute atomic E-state index is 12.3. The van der Waals surface area contributed by atoms with E-state index in [1.165, 1.54) is 0 Å². The van der Waals surface area contributed by atoms with Gasteiger partial charge in [-0.1, -0.05) is 17.8 Å². The van der Waals surface area contributed by atoms with Crippen LogP contribution in [0.2, 0.25) is 0 Å². The molecule has 8 heteroatoms. The van der Waals surface area contributed by atoms with E-state index in [1.807, 2.05) is 18.2 Å². The summed E-state index contributed by atoms with van der Waals surface area (Å²) in [5.74, 6) is 7.74. The highest BCUT2D eigenvalue weighted by molar-refractivity contribution is 6.02. The third-order valence-corrected chi connectivity index (χ3v) is 4.94. The van der Waals surface area contributed by atoms with E-state index in [0.29, 0.717) is 32.8 Å². The summed E-state index contributed by atoms with van der Waals surface area (Å²) in [6.07, 6.45) is 5.47. The molecule has 0 radical (unpaired) electrons. The number of amides is 2. The zero-order chi connectivity index (χ0) is 21.5. The van der Waals surface area contributed by atoms with Crippen molar-refractivity contribution < 1.29 is 24.2 Å². The quantitative estimate of drug-likeness (QED) is 0.382. The van der Waals surface area contributed by atoms with Crippen molar-refractivity contribution in [3.63, 3.8) is 0 Å². The van der Waals surface area contributed by atoms with Crippen molar-refractivity contribution in [2.45, 2.75) is 31.7 Å². The fraction of sp³-hybridized carbons (Fsp3) is 0.455. The molecule has 1 aromatic carbocycles. The fourth-order valence-corrected chi connectivity index (χ4v) is 3.47. The summed E-state index contributed by atoms with van der Waals surface area (Å²) in [5.41, 5.74) is 2.28. The Morgan fingerprint density at radius 1 is 1.23 bits per heavy atom. The number of hydrogen-bond acceptors (Lipinski definition) is 7. The number of imide groups is 1. The summed E-state index contributed by atoms with van der Waals surface area (Å²) in [6, 6.07) is 4.94. The van der Waals surface area contributed by atoms with E-state index in [-0.39, 0.29) is 12.3 Å². The molecule has 0 bridgehead atoms. The van der Waals surface area contributed by atoms with Gasteiger partial charge in [-0.05, 0) is 31.0 Å². The maximum atomic E-state index is 12.3. The summed E-state index contributed by atoms with van der Waals surface area (Å²) in [7, 11) is 1.75. The molecule has 2 aliphatic heterocycles. The van der Waals surface area contributed by atoms with Crippen molar-refractivity contribution in [2.24, 2.45) is 0 Å². The van der Waals surface area contributed by atoms with Gasteiger partial charge in [-0.15, -0.1) is 6.42 Å². The molecule has 158 valence electrons. The lowest BCUT2D eigenvalue weighted by atomic mass is 10.0. The number of ether oxygens (including phenoxy) is 2. The molecule has 3 rings (SSSR count). The number of aliphatic hydroxyl groups is 1. The van der Waals surface area contributed by atoms with Crippen LogP contribution >= 0.6 is 0 Å². The van der Waals surface area contributed by atoms with Gasteiger partial charge in [0.15, 0.2) is 0 Å². The van der Waals surface area contributed by atoms with E-state index in [0.717, 1.165) is 23.4 Å². The molecule has 0 spiro atoms. The Morgan fingerprint density at radius 2 is 2.00 bits per heavy atom. The first-order chi connectivity index (χ1) is 14.5. The van der Waals surface area contributed by atoms with E-state index in [9.17, 15) is 14.7 Å². The van der Waals surface area contributed by atoms with Gasteiger partial charge in [-0.2, -0.15) is 0 Å². The number of hydrogen-bond donors (Lipinski definition) is 2. The second kappa shape index (κ2) is 10.1. The lowest BCUT2D eigenvalue weighted by molar-refractivity contribution is -0.134. The molecular weight excluding hydrogens is 386 g/mol. The van der Waals surface area contributed by atoms with Gasteiger partial charge in [0.2, 0.25) is 18.2 Å². The van der Waals surface area contributed by atoms with Crippen molar-refractivity contribution in [3.8, 4) is 24.2 Å². The number of aliphatic hydroxyl groups excluding tert-OH is 1. The van der Waals surface area contributed by atoms with Crippen LogP contribution in [0.1, 0.15) is 24.8 Å². The molecule has 2 aliphatic rings. The Bertz CT molecular complexity index is 898. The summed E-state index contributed by atoms with van der Waals surface area (Å²) in [5, 5.41) is 13.0. The monoisotopic (exact) mass is 411 g/mol. The molecule has 2 N–H and O–H groups in total. The number of terminal acetylenes is 1. The van der Waals surface area contributed by atoms with Gasteiger partial charge >= 0.3 is 0 Å². The van der Waals surface area contributed by atoms with Gasteiger partial charge in [0.25, 0.3) is 0 Å². The van der Waals surface area contributed by atoms with Crippen LogP contribution in [0, 0.1) is 24.2 Å². The fourth-order valence-electron chi connectivity index (χ4n) is 3.47. The van der Waals surface area contributed by atoms with Crippen LogP contribution in [0.3, 0.4) is 0 Å². The van der Waals surface area contributed by atoms with Gasteiger partial charge < -0.3 is 24.4 Å². The first-order valence-electron chi connectivity index (χ1n) is 9.77. The molecule has 0 saturated carbocycles. The predicted molar refractivity (Wildman–Crippen MR) is 111 cm³/mol. The van der Waals surface area contributed by atoms with Crippen molar-refractivity contribution >= 4 is 23.2 Å². The molecule has 8 nitrogen and oxygen atoms in total. The average molecular weight is 411 g/mol. The van der Waals surface area contributed by atoms with E-state index in [4.69, 9.17) is 15.9 Å². The number of piperidine rings is 1. The number of nitrogens with one attached hydrogen (secondary N) is 1. The van der Waals surface area contributed by atoms with Crippen LogP contribution in [0.15, 0.2) is 18.2 Å². The zero-order valence-corrected chi connectivity index (χ0v) is 16.9. The second-order valence-corrected chi connectivity index (χ2v) is 7.00. The summed E-state index contributed by atoms with van der Waals surface area (Å²) < 4.78 is 10.6. The summed E-state index contributed by atoms with van der Waals surface area (Å²) >= 11 is 0. The molecule has 2 heterocycles. The average Bonchev–Trinajstić information content (AvgIpc) is 2.97. The Labute approximate surface area is 176 Å². The number of carbonyl (C=O) groups excluding carboxylic acids is 2. The largest absolute Gasteiger partial charge is 0.369 e.